The van der Waals surface area contributed by atoms with E-state index in [1.165, 1.54) is 22.4 Å². The lowest BCUT2D eigenvalue weighted by molar-refractivity contribution is 0.0706. The molecule has 5 heteroatoms. The summed E-state index contributed by atoms with van der Waals surface area (Å²) in [6.45, 7) is 2.92. The first kappa shape index (κ1) is 16.4. The van der Waals surface area contributed by atoms with Gasteiger partial charge in [0.15, 0.2) is 0 Å². The lowest BCUT2D eigenvalue weighted by Gasteiger charge is -2.31. The first-order valence-corrected chi connectivity index (χ1v) is 8.52. The number of carbonyl (C=O) groups is 1. The van der Waals surface area contributed by atoms with Crippen LogP contribution in [0.2, 0.25) is 0 Å². The number of rotatable bonds is 4. The van der Waals surface area contributed by atoms with Gasteiger partial charge in [-0.1, -0.05) is 37.3 Å². The minimum absolute atomic E-state index is 0.0810. The van der Waals surface area contributed by atoms with Gasteiger partial charge >= 0.3 is 0 Å². The van der Waals surface area contributed by atoms with Crippen LogP contribution in [-0.2, 0) is 7.05 Å². The molecular formula is C19H23N3O2. The Hall–Kier alpha value is -2.43. The van der Waals surface area contributed by atoms with Crippen LogP contribution in [-0.4, -0.2) is 33.2 Å². The Bertz CT molecular complexity index is 770. The standard InChI is InChI=1S/C19H23N3O2/c1-3-15(14-8-5-4-6-9-14)17-10-7-13-22(17)19(24)16-11-12-18(23)21(2)20-16/h4-6,8-9,11-12,15,17H,3,7,10,13H2,1-2H3/t15-,17-/m1/s1. The molecule has 0 bridgehead atoms. The Morgan fingerprint density at radius 1 is 1.25 bits per heavy atom. The number of aryl methyl sites for hydroxylation is 1. The minimum Gasteiger partial charge on any atom is -0.334 e. The van der Waals surface area contributed by atoms with Crippen LogP contribution < -0.4 is 5.56 Å². The Labute approximate surface area is 141 Å². The van der Waals surface area contributed by atoms with Crippen molar-refractivity contribution in [3.05, 3.63) is 64.1 Å². The number of carbonyl (C=O) groups excluding carboxylic acids is 1. The molecule has 0 radical (unpaired) electrons. The van der Waals surface area contributed by atoms with Crippen LogP contribution in [0.4, 0.5) is 0 Å². The fourth-order valence-electron chi connectivity index (χ4n) is 3.66. The Morgan fingerprint density at radius 3 is 2.67 bits per heavy atom. The molecule has 1 fully saturated rings. The van der Waals surface area contributed by atoms with Gasteiger partial charge in [0.05, 0.1) is 0 Å². The molecule has 1 aromatic heterocycles. The average molecular weight is 325 g/mol. The Morgan fingerprint density at radius 2 is 2.00 bits per heavy atom. The third kappa shape index (κ3) is 3.11. The number of hydrogen-bond acceptors (Lipinski definition) is 3. The van der Waals surface area contributed by atoms with E-state index in [2.05, 4.69) is 24.2 Å². The molecule has 1 aliphatic rings. The molecule has 0 spiro atoms. The molecule has 0 N–H and O–H groups in total. The van der Waals surface area contributed by atoms with E-state index in [1.54, 1.807) is 7.05 Å². The van der Waals surface area contributed by atoms with E-state index in [0.29, 0.717) is 11.6 Å². The van der Waals surface area contributed by atoms with E-state index in [4.69, 9.17) is 0 Å². The highest BCUT2D eigenvalue weighted by Gasteiger charge is 2.35. The molecule has 0 aliphatic carbocycles. The molecule has 2 atom stereocenters. The highest BCUT2D eigenvalue weighted by Crippen LogP contribution is 2.34. The van der Waals surface area contributed by atoms with E-state index in [0.717, 1.165) is 25.8 Å². The van der Waals surface area contributed by atoms with Crippen molar-refractivity contribution in [3.63, 3.8) is 0 Å². The number of aromatic nitrogens is 2. The smallest absolute Gasteiger partial charge is 0.274 e. The first-order valence-electron chi connectivity index (χ1n) is 8.52. The highest BCUT2D eigenvalue weighted by atomic mass is 16.2. The quantitative estimate of drug-likeness (QED) is 0.868. The predicted molar refractivity (Wildman–Crippen MR) is 93.0 cm³/mol. The van der Waals surface area contributed by atoms with Crippen LogP contribution in [0, 0.1) is 0 Å². The number of hydrogen-bond donors (Lipinski definition) is 0. The van der Waals surface area contributed by atoms with Crippen molar-refractivity contribution in [2.45, 2.75) is 38.1 Å². The monoisotopic (exact) mass is 325 g/mol. The summed E-state index contributed by atoms with van der Waals surface area (Å²) in [4.78, 5) is 26.4. The molecule has 3 rings (SSSR count). The van der Waals surface area contributed by atoms with Gasteiger partial charge < -0.3 is 4.90 Å². The van der Waals surface area contributed by atoms with Gasteiger partial charge in [0.25, 0.3) is 11.5 Å². The van der Waals surface area contributed by atoms with Crippen LogP contribution in [0.3, 0.4) is 0 Å². The first-order chi connectivity index (χ1) is 11.6. The summed E-state index contributed by atoms with van der Waals surface area (Å²) in [6, 6.07) is 13.5. The highest BCUT2D eigenvalue weighted by molar-refractivity contribution is 5.92. The zero-order valence-electron chi connectivity index (χ0n) is 14.2. The minimum atomic E-state index is -0.208. The molecule has 1 aliphatic heterocycles. The fourth-order valence-corrected chi connectivity index (χ4v) is 3.66. The molecule has 126 valence electrons. The molecular weight excluding hydrogens is 302 g/mol. The van der Waals surface area contributed by atoms with Crippen LogP contribution in [0.1, 0.15) is 48.2 Å². The van der Waals surface area contributed by atoms with Crippen molar-refractivity contribution >= 4 is 5.91 Å². The molecule has 0 saturated carbocycles. The van der Waals surface area contributed by atoms with Gasteiger partial charge in [-0.3, -0.25) is 9.59 Å². The summed E-state index contributed by atoms with van der Waals surface area (Å²) in [7, 11) is 1.57. The van der Waals surface area contributed by atoms with E-state index in [-0.39, 0.29) is 17.5 Å². The number of likely N-dealkylation sites (tertiary alicyclic amines) is 1. The zero-order valence-corrected chi connectivity index (χ0v) is 14.2. The summed E-state index contributed by atoms with van der Waals surface area (Å²) in [5.41, 5.74) is 1.41. The maximum absolute atomic E-state index is 12.9. The normalized spacial score (nSPS) is 18.6. The zero-order chi connectivity index (χ0) is 17.1. The Balaban J connectivity index is 1.88. The number of amides is 1. The SMILES string of the molecule is CC[C@H](c1ccccc1)[C@H]1CCCN1C(=O)c1ccc(=O)n(C)n1. The second-order valence-electron chi connectivity index (χ2n) is 6.31. The summed E-state index contributed by atoms with van der Waals surface area (Å²) < 4.78 is 1.22. The van der Waals surface area contributed by atoms with Gasteiger partial charge in [0, 0.05) is 31.6 Å². The second-order valence-corrected chi connectivity index (χ2v) is 6.31. The van der Waals surface area contributed by atoms with Gasteiger partial charge in [-0.05, 0) is 30.9 Å². The van der Waals surface area contributed by atoms with Crippen molar-refractivity contribution in [1.29, 1.82) is 0 Å². The van der Waals surface area contributed by atoms with Gasteiger partial charge in [-0.15, -0.1) is 0 Å². The third-order valence-electron chi connectivity index (χ3n) is 4.87. The van der Waals surface area contributed by atoms with Gasteiger partial charge in [0.2, 0.25) is 0 Å². The molecule has 5 nitrogen and oxygen atoms in total. The molecule has 0 unspecified atom stereocenters. The third-order valence-corrected chi connectivity index (χ3v) is 4.87. The maximum atomic E-state index is 12.9. The number of benzene rings is 1. The van der Waals surface area contributed by atoms with E-state index in [9.17, 15) is 9.59 Å². The summed E-state index contributed by atoms with van der Waals surface area (Å²) in [6.07, 6.45) is 3.00. The molecule has 1 saturated heterocycles. The van der Waals surface area contributed by atoms with Crippen molar-refractivity contribution < 1.29 is 4.79 Å². The van der Waals surface area contributed by atoms with Gasteiger partial charge in [-0.25, -0.2) is 4.68 Å². The Kier molecular flexibility index (Phi) is 4.79. The van der Waals surface area contributed by atoms with Crippen LogP contribution in [0.25, 0.3) is 0 Å². The molecule has 2 heterocycles. The van der Waals surface area contributed by atoms with E-state index in [1.807, 2.05) is 23.1 Å². The summed E-state index contributed by atoms with van der Waals surface area (Å²) >= 11 is 0. The fraction of sp³-hybridized carbons (Fsp3) is 0.421. The van der Waals surface area contributed by atoms with Crippen molar-refractivity contribution in [3.8, 4) is 0 Å². The second kappa shape index (κ2) is 6.99. The predicted octanol–water partition coefficient (Wildman–Crippen LogP) is 2.58. The summed E-state index contributed by atoms with van der Waals surface area (Å²) in [5.74, 6) is 0.243. The molecule has 1 aromatic carbocycles. The van der Waals surface area contributed by atoms with Crippen molar-refractivity contribution in [2.75, 3.05) is 6.54 Å². The van der Waals surface area contributed by atoms with Gasteiger partial charge in [0.1, 0.15) is 5.69 Å². The van der Waals surface area contributed by atoms with Crippen molar-refractivity contribution in [1.82, 2.24) is 14.7 Å². The lowest BCUT2D eigenvalue weighted by atomic mass is 9.87. The molecule has 2 aromatic rings. The number of nitrogens with zero attached hydrogens (tertiary/aromatic N) is 3. The van der Waals surface area contributed by atoms with E-state index < -0.39 is 0 Å². The van der Waals surface area contributed by atoms with Crippen LogP contribution in [0.15, 0.2) is 47.3 Å². The topological polar surface area (TPSA) is 55.2 Å². The van der Waals surface area contributed by atoms with Gasteiger partial charge in [-0.2, -0.15) is 5.10 Å². The molecule has 24 heavy (non-hydrogen) atoms. The average Bonchev–Trinajstić information content (AvgIpc) is 3.08. The van der Waals surface area contributed by atoms with Crippen LogP contribution >= 0.6 is 0 Å². The van der Waals surface area contributed by atoms with Crippen molar-refractivity contribution in [2.24, 2.45) is 7.05 Å². The lowest BCUT2D eigenvalue weighted by Crippen LogP contribution is -2.40. The maximum Gasteiger partial charge on any atom is 0.274 e. The van der Waals surface area contributed by atoms with E-state index >= 15 is 0 Å². The summed E-state index contributed by atoms with van der Waals surface area (Å²) in [5, 5.41) is 4.12. The molecule has 1 amide bonds. The van der Waals surface area contributed by atoms with Crippen LogP contribution in [0.5, 0.6) is 0 Å². The largest absolute Gasteiger partial charge is 0.334 e.